The van der Waals surface area contributed by atoms with Gasteiger partial charge in [-0.2, -0.15) is 0 Å². The van der Waals surface area contributed by atoms with Gasteiger partial charge in [-0.1, -0.05) is 6.42 Å². The van der Waals surface area contributed by atoms with Crippen LogP contribution in [-0.2, 0) is 11.3 Å². The maximum atomic E-state index is 10.5. The van der Waals surface area contributed by atoms with E-state index in [0.717, 1.165) is 17.7 Å². The third-order valence-electron chi connectivity index (χ3n) is 4.02. The van der Waals surface area contributed by atoms with Crippen LogP contribution in [0.4, 0.5) is 0 Å². The summed E-state index contributed by atoms with van der Waals surface area (Å²) in [6, 6.07) is 0. The first kappa shape index (κ1) is 10.7. The van der Waals surface area contributed by atoms with E-state index in [1.165, 1.54) is 19.3 Å². The number of aromatic nitrogens is 4. The molecule has 3 rings (SSSR count). The third-order valence-corrected chi connectivity index (χ3v) is 4.02. The zero-order valence-corrected chi connectivity index (χ0v) is 9.62. The Bertz CT molecular complexity index is 421. The van der Waals surface area contributed by atoms with E-state index in [9.17, 15) is 4.79 Å². The molecule has 6 nitrogen and oxygen atoms in total. The normalized spacial score (nSPS) is 30.2. The van der Waals surface area contributed by atoms with Gasteiger partial charge in [0, 0.05) is 18.9 Å². The van der Waals surface area contributed by atoms with Crippen molar-refractivity contribution in [2.45, 2.75) is 44.6 Å². The highest BCUT2D eigenvalue weighted by atomic mass is 16.4. The second-order valence-electron chi connectivity index (χ2n) is 5.04. The number of carboxylic acids is 1. The fraction of sp³-hybridized carbons (Fsp3) is 0.818. The number of aliphatic carboxylic acids is 1. The monoisotopic (exact) mass is 236 g/mol. The van der Waals surface area contributed by atoms with E-state index in [4.69, 9.17) is 5.11 Å². The van der Waals surface area contributed by atoms with Crippen molar-refractivity contribution in [1.29, 1.82) is 0 Å². The van der Waals surface area contributed by atoms with Crippen molar-refractivity contribution in [3.05, 3.63) is 5.82 Å². The molecule has 2 saturated carbocycles. The quantitative estimate of drug-likeness (QED) is 0.826. The molecule has 0 saturated heterocycles. The van der Waals surface area contributed by atoms with Crippen molar-refractivity contribution in [3.63, 3.8) is 0 Å². The van der Waals surface area contributed by atoms with Crippen LogP contribution < -0.4 is 0 Å². The lowest BCUT2D eigenvalue weighted by Crippen LogP contribution is -2.08. The molecule has 2 atom stereocenters. The lowest BCUT2D eigenvalue weighted by molar-refractivity contribution is -0.137. The topological polar surface area (TPSA) is 80.9 Å². The Morgan fingerprint density at radius 1 is 1.41 bits per heavy atom. The van der Waals surface area contributed by atoms with Crippen LogP contribution in [0, 0.1) is 11.8 Å². The molecular formula is C11H16N4O2. The van der Waals surface area contributed by atoms with Crippen LogP contribution in [-0.4, -0.2) is 31.3 Å². The van der Waals surface area contributed by atoms with Crippen molar-refractivity contribution < 1.29 is 9.90 Å². The fourth-order valence-corrected chi connectivity index (χ4v) is 3.19. The van der Waals surface area contributed by atoms with Crippen LogP contribution in [0.25, 0.3) is 0 Å². The minimum absolute atomic E-state index is 0.177. The number of carboxylic acid groups (broad SMARTS) is 1. The van der Waals surface area contributed by atoms with E-state index in [2.05, 4.69) is 15.5 Å². The average molecular weight is 236 g/mol. The van der Waals surface area contributed by atoms with Gasteiger partial charge in [-0.3, -0.25) is 4.79 Å². The number of hydrogen-bond donors (Lipinski definition) is 1. The summed E-state index contributed by atoms with van der Waals surface area (Å²) >= 11 is 0. The van der Waals surface area contributed by atoms with E-state index in [-0.39, 0.29) is 6.42 Å². The summed E-state index contributed by atoms with van der Waals surface area (Å²) in [5.74, 6) is 2.34. The molecule has 6 heteroatoms. The van der Waals surface area contributed by atoms with Gasteiger partial charge in [0.25, 0.3) is 0 Å². The maximum absolute atomic E-state index is 10.5. The minimum Gasteiger partial charge on any atom is -0.481 e. The highest BCUT2D eigenvalue weighted by molar-refractivity contribution is 5.66. The molecule has 2 aliphatic rings. The van der Waals surface area contributed by atoms with E-state index >= 15 is 0 Å². The number of hydrogen-bond acceptors (Lipinski definition) is 4. The molecule has 1 N–H and O–H groups in total. The molecule has 0 bridgehead atoms. The lowest BCUT2D eigenvalue weighted by atomic mass is 10.1. The van der Waals surface area contributed by atoms with E-state index in [0.29, 0.717) is 18.9 Å². The molecule has 1 aromatic heterocycles. The van der Waals surface area contributed by atoms with Crippen molar-refractivity contribution in [2.75, 3.05) is 0 Å². The Labute approximate surface area is 99.0 Å². The van der Waals surface area contributed by atoms with Gasteiger partial charge in [-0.25, -0.2) is 4.68 Å². The lowest BCUT2D eigenvalue weighted by Gasteiger charge is -2.04. The molecule has 0 aliphatic heterocycles. The molecular weight excluding hydrogens is 220 g/mol. The Morgan fingerprint density at radius 2 is 2.18 bits per heavy atom. The molecule has 1 aromatic rings. The van der Waals surface area contributed by atoms with Gasteiger partial charge < -0.3 is 5.11 Å². The van der Waals surface area contributed by atoms with Gasteiger partial charge in [-0.15, -0.1) is 5.10 Å². The molecule has 0 aromatic carbocycles. The highest BCUT2D eigenvalue weighted by Crippen LogP contribution is 2.62. The minimum atomic E-state index is -0.761. The van der Waals surface area contributed by atoms with E-state index in [1.54, 1.807) is 4.68 Å². The predicted molar refractivity (Wildman–Crippen MR) is 58.3 cm³/mol. The van der Waals surface area contributed by atoms with Crippen molar-refractivity contribution in [2.24, 2.45) is 11.8 Å². The molecule has 17 heavy (non-hydrogen) atoms. The number of nitrogens with zero attached hydrogens (tertiary/aromatic N) is 4. The summed E-state index contributed by atoms with van der Waals surface area (Å²) in [6.07, 6.45) is 4.72. The summed E-state index contributed by atoms with van der Waals surface area (Å²) < 4.78 is 1.80. The number of tetrazole rings is 1. The highest BCUT2D eigenvalue weighted by Gasteiger charge is 2.55. The van der Waals surface area contributed by atoms with E-state index in [1.807, 2.05) is 0 Å². The van der Waals surface area contributed by atoms with Gasteiger partial charge in [-0.05, 0) is 41.5 Å². The summed E-state index contributed by atoms with van der Waals surface area (Å²) in [5.41, 5.74) is 0. The Balaban J connectivity index is 1.62. The van der Waals surface area contributed by atoms with Crippen LogP contribution in [0.15, 0.2) is 0 Å². The second-order valence-corrected chi connectivity index (χ2v) is 5.04. The zero-order chi connectivity index (χ0) is 11.8. The number of fused-ring (bicyclic) bond motifs is 1. The molecule has 2 aliphatic carbocycles. The summed E-state index contributed by atoms with van der Waals surface area (Å²) in [6.45, 7) is 0.616. The van der Waals surface area contributed by atoms with Gasteiger partial charge in [0.2, 0.25) is 0 Å². The predicted octanol–water partition coefficient (Wildman–Crippen LogP) is 1.05. The standard InChI is InChI=1S/C11H16N4O2/c16-9(17)5-2-6-15-11(12-13-14-15)10-7-3-1-4-8(7)10/h7-8,10H,1-6H2,(H,16,17). The molecule has 1 heterocycles. The van der Waals surface area contributed by atoms with Crippen LogP contribution in [0.2, 0.25) is 0 Å². The van der Waals surface area contributed by atoms with Gasteiger partial charge in [0.15, 0.2) is 5.82 Å². The SMILES string of the molecule is O=C(O)CCCn1nnnc1C1C2CCCC21. The number of aryl methyl sites for hydroxylation is 1. The summed E-state index contributed by atoms with van der Waals surface area (Å²) in [7, 11) is 0. The summed E-state index contributed by atoms with van der Waals surface area (Å²) in [5, 5.41) is 20.4. The van der Waals surface area contributed by atoms with Gasteiger partial charge >= 0.3 is 5.97 Å². The zero-order valence-electron chi connectivity index (χ0n) is 9.62. The molecule has 92 valence electrons. The largest absolute Gasteiger partial charge is 0.481 e. The van der Waals surface area contributed by atoms with Gasteiger partial charge in [0.1, 0.15) is 0 Å². The van der Waals surface area contributed by atoms with Crippen LogP contribution in [0.3, 0.4) is 0 Å². The van der Waals surface area contributed by atoms with Gasteiger partial charge in [0.05, 0.1) is 0 Å². The smallest absolute Gasteiger partial charge is 0.303 e. The van der Waals surface area contributed by atoms with E-state index < -0.39 is 5.97 Å². The Morgan fingerprint density at radius 3 is 2.88 bits per heavy atom. The molecule has 2 fully saturated rings. The van der Waals surface area contributed by atoms with Crippen molar-refractivity contribution in [1.82, 2.24) is 20.2 Å². The number of carbonyl (C=O) groups is 1. The Hall–Kier alpha value is -1.46. The van der Waals surface area contributed by atoms with Crippen LogP contribution in [0.1, 0.15) is 43.8 Å². The first-order valence-corrected chi connectivity index (χ1v) is 6.25. The first-order chi connectivity index (χ1) is 8.27. The van der Waals surface area contributed by atoms with Crippen molar-refractivity contribution >= 4 is 5.97 Å². The van der Waals surface area contributed by atoms with Crippen LogP contribution >= 0.6 is 0 Å². The second kappa shape index (κ2) is 4.09. The van der Waals surface area contributed by atoms with Crippen LogP contribution in [0.5, 0.6) is 0 Å². The third kappa shape index (κ3) is 1.92. The average Bonchev–Trinajstić information content (AvgIpc) is 2.74. The molecule has 2 unspecified atom stereocenters. The fourth-order valence-electron chi connectivity index (χ4n) is 3.19. The summed E-state index contributed by atoms with van der Waals surface area (Å²) in [4.78, 5) is 10.5. The Kier molecular flexibility index (Phi) is 2.57. The van der Waals surface area contributed by atoms with Crippen molar-refractivity contribution in [3.8, 4) is 0 Å². The molecule has 0 amide bonds. The first-order valence-electron chi connectivity index (χ1n) is 6.25. The molecule has 0 spiro atoms. The number of rotatable bonds is 5. The maximum Gasteiger partial charge on any atom is 0.303 e. The molecule has 0 radical (unpaired) electrons.